The molecule has 0 fully saturated rings. The van der Waals surface area contributed by atoms with Gasteiger partial charge in [0.1, 0.15) is 17.4 Å². The molecule has 0 heterocycles. The average Bonchev–Trinajstić information content (AvgIpc) is 2.40. The Hall–Kier alpha value is -1.13. The molecule has 0 aromatic heterocycles. The van der Waals surface area contributed by atoms with E-state index in [9.17, 15) is 8.78 Å². The third-order valence-corrected chi connectivity index (χ3v) is 3.93. The van der Waals surface area contributed by atoms with Gasteiger partial charge in [-0.1, -0.05) is 33.6 Å². The molecule has 0 aliphatic carbocycles. The van der Waals surface area contributed by atoms with Gasteiger partial charge in [-0.15, -0.1) is 0 Å². The fourth-order valence-electron chi connectivity index (χ4n) is 1.72. The normalized spacial score (nSPS) is 12.3. The van der Waals surface area contributed by atoms with Crippen molar-refractivity contribution in [1.29, 1.82) is 0 Å². The predicted molar refractivity (Wildman–Crippen MR) is 75.1 cm³/mol. The van der Waals surface area contributed by atoms with Crippen LogP contribution in [-0.2, 0) is 0 Å². The number of hydrogen-bond acceptors (Lipinski definition) is 1. The summed E-state index contributed by atoms with van der Waals surface area (Å²) in [5, 5.41) is 0.398. The summed E-state index contributed by atoms with van der Waals surface area (Å²) >= 11 is 9.13. The summed E-state index contributed by atoms with van der Waals surface area (Å²) < 4.78 is 32.6. The first-order valence-electron chi connectivity index (χ1n) is 5.45. The van der Waals surface area contributed by atoms with Crippen LogP contribution in [0.1, 0.15) is 16.0 Å². The summed E-state index contributed by atoms with van der Waals surface area (Å²) in [6.45, 7) is 0. The van der Waals surface area contributed by atoms with Gasteiger partial charge in [-0.25, -0.2) is 8.78 Å². The molecular formula is C14H10BrClF2O. The van der Waals surface area contributed by atoms with Gasteiger partial charge in [0.15, 0.2) is 0 Å². The Labute approximate surface area is 123 Å². The van der Waals surface area contributed by atoms with Crippen LogP contribution in [0.4, 0.5) is 8.78 Å². The Bertz CT molecular complexity index is 604. The van der Waals surface area contributed by atoms with Crippen LogP contribution in [0.5, 0.6) is 5.75 Å². The SMILES string of the molecule is COc1ccc(C(Br)c2cc(Cl)ccc2F)c(F)c1. The molecule has 0 saturated carbocycles. The largest absolute Gasteiger partial charge is 0.497 e. The van der Waals surface area contributed by atoms with E-state index in [-0.39, 0.29) is 5.56 Å². The Morgan fingerprint density at radius 2 is 1.79 bits per heavy atom. The van der Waals surface area contributed by atoms with Gasteiger partial charge in [0.25, 0.3) is 0 Å². The van der Waals surface area contributed by atoms with E-state index in [1.165, 1.54) is 31.4 Å². The molecule has 0 N–H and O–H groups in total. The first-order chi connectivity index (χ1) is 9.02. The summed E-state index contributed by atoms with van der Waals surface area (Å²) in [5.41, 5.74) is 0.610. The summed E-state index contributed by atoms with van der Waals surface area (Å²) in [6, 6.07) is 8.60. The second kappa shape index (κ2) is 5.88. The zero-order valence-corrected chi connectivity index (χ0v) is 12.3. The molecule has 0 bridgehead atoms. The van der Waals surface area contributed by atoms with Gasteiger partial charge < -0.3 is 4.74 Å². The molecule has 1 atom stereocenters. The number of ether oxygens (including phenoxy) is 1. The summed E-state index contributed by atoms with van der Waals surface area (Å²) in [6.07, 6.45) is 0. The Morgan fingerprint density at radius 3 is 2.42 bits per heavy atom. The number of methoxy groups -OCH3 is 1. The van der Waals surface area contributed by atoms with Crippen molar-refractivity contribution in [3.8, 4) is 5.75 Å². The van der Waals surface area contributed by atoms with Gasteiger partial charge in [0.05, 0.1) is 11.9 Å². The van der Waals surface area contributed by atoms with E-state index in [1.54, 1.807) is 12.1 Å². The number of rotatable bonds is 3. The van der Waals surface area contributed by atoms with E-state index in [4.69, 9.17) is 16.3 Å². The lowest BCUT2D eigenvalue weighted by atomic mass is 10.0. The fraction of sp³-hybridized carbons (Fsp3) is 0.143. The Morgan fingerprint density at radius 1 is 1.05 bits per heavy atom. The smallest absolute Gasteiger partial charge is 0.131 e. The standard InChI is InChI=1S/C14H10BrClF2O/c1-19-9-3-4-10(13(18)7-9)14(15)11-6-8(16)2-5-12(11)17/h2-7,14H,1H3. The van der Waals surface area contributed by atoms with Gasteiger partial charge >= 0.3 is 0 Å². The van der Waals surface area contributed by atoms with E-state index in [1.807, 2.05) is 0 Å². The molecule has 1 nitrogen and oxygen atoms in total. The monoisotopic (exact) mass is 346 g/mol. The molecule has 0 aliphatic heterocycles. The molecule has 0 aliphatic rings. The molecule has 1 unspecified atom stereocenters. The van der Waals surface area contributed by atoms with Gasteiger partial charge in [-0.3, -0.25) is 0 Å². The van der Waals surface area contributed by atoms with E-state index in [2.05, 4.69) is 15.9 Å². The van der Waals surface area contributed by atoms with Crippen molar-refractivity contribution in [1.82, 2.24) is 0 Å². The third-order valence-electron chi connectivity index (χ3n) is 2.71. The predicted octanol–water partition coefficient (Wildman–Crippen LogP) is 5.11. The van der Waals surface area contributed by atoms with E-state index >= 15 is 0 Å². The minimum absolute atomic E-state index is 0.288. The molecule has 2 aromatic carbocycles. The lowest BCUT2D eigenvalue weighted by Gasteiger charge is -2.13. The average molecular weight is 348 g/mol. The van der Waals surface area contributed by atoms with Crippen LogP contribution < -0.4 is 4.74 Å². The summed E-state index contributed by atoms with van der Waals surface area (Å²) in [5.74, 6) is -0.505. The highest BCUT2D eigenvalue weighted by Crippen LogP contribution is 2.36. The molecule has 2 aromatic rings. The highest BCUT2D eigenvalue weighted by molar-refractivity contribution is 9.09. The summed E-state index contributed by atoms with van der Waals surface area (Å²) in [4.78, 5) is -0.614. The minimum atomic E-state index is -0.614. The lowest BCUT2D eigenvalue weighted by molar-refractivity contribution is 0.411. The zero-order chi connectivity index (χ0) is 14.0. The first-order valence-corrected chi connectivity index (χ1v) is 6.74. The molecule has 100 valence electrons. The van der Waals surface area contributed by atoms with E-state index < -0.39 is 16.5 Å². The Balaban J connectivity index is 2.43. The van der Waals surface area contributed by atoms with Crippen molar-refractivity contribution in [3.05, 3.63) is 64.2 Å². The molecular weight excluding hydrogens is 338 g/mol. The molecule has 0 spiro atoms. The van der Waals surface area contributed by atoms with Crippen molar-refractivity contribution in [2.45, 2.75) is 4.83 Å². The molecule has 0 saturated heterocycles. The maximum Gasteiger partial charge on any atom is 0.131 e. The Kier molecular flexibility index (Phi) is 4.42. The van der Waals surface area contributed by atoms with Gasteiger partial charge in [0, 0.05) is 22.2 Å². The highest BCUT2D eigenvalue weighted by Gasteiger charge is 2.19. The van der Waals surface area contributed by atoms with Crippen LogP contribution in [0.15, 0.2) is 36.4 Å². The van der Waals surface area contributed by atoms with Gasteiger partial charge in [0.2, 0.25) is 0 Å². The van der Waals surface area contributed by atoms with Crippen molar-refractivity contribution in [3.63, 3.8) is 0 Å². The molecule has 2 rings (SSSR count). The highest BCUT2D eigenvalue weighted by atomic mass is 79.9. The molecule has 19 heavy (non-hydrogen) atoms. The maximum atomic E-state index is 13.9. The lowest BCUT2D eigenvalue weighted by Crippen LogP contribution is -2.00. The molecule has 5 heteroatoms. The number of halogens is 4. The number of benzene rings is 2. The van der Waals surface area contributed by atoms with Gasteiger partial charge in [-0.05, 0) is 24.3 Å². The molecule has 0 amide bonds. The van der Waals surface area contributed by atoms with Gasteiger partial charge in [-0.2, -0.15) is 0 Å². The fourth-order valence-corrected chi connectivity index (χ4v) is 2.62. The van der Waals surface area contributed by atoms with Crippen LogP contribution in [0, 0.1) is 11.6 Å². The number of alkyl halides is 1. The van der Waals surface area contributed by atoms with Crippen LogP contribution in [0.3, 0.4) is 0 Å². The van der Waals surface area contributed by atoms with Crippen LogP contribution >= 0.6 is 27.5 Å². The quantitative estimate of drug-likeness (QED) is 0.701. The van der Waals surface area contributed by atoms with Crippen molar-refractivity contribution in [2.24, 2.45) is 0 Å². The van der Waals surface area contributed by atoms with Crippen molar-refractivity contribution < 1.29 is 13.5 Å². The second-order valence-electron chi connectivity index (χ2n) is 3.92. The topological polar surface area (TPSA) is 9.23 Å². The van der Waals surface area contributed by atoms with Crippen LogP contribution in [0.2, 0.25) is 5.02 Å². The van der Waals surface area contributed by atoms with E-state index in [0.717, 1.165) is 0 Å². The number of hydrogen-bond donors (Lipinski definition) is 0. The van der Waals surface area contributed by atoms with E-state index in [0.29, 0.717) is 16.3 Å². The first kappa shape index (κ1) is 14.3. The zero-order valence-electron chi connectivity index (χ0n) is 9.96. The minimum Gasteiger partial charge on any atom is -0.497 e. The summed E-state index contributed by atoms with van der Waals surface area (Å²) in [7, 11) is 1.46. The second-order valence-corrected chi connectivity index (χ2v) is 5.27. The van der Waals surface area contributed by atoms with Crippen LogP contribution in [-0.4, -0.2) is 7.11 Å². The molecule has 0 radical (unpaired) electrons. The third kappa shape index (κ3) is 3.07. The van der Waals surface area contributed by atoms with Crippen molar-refractivity contribution >= 4 is 27.5 Å². The van der Waals surface area contributed by atoms with Crippen LogP contribution in [0.25, 0.3) is 0 Å². The maximum absolute atomic E-state index is 13.9. The van der Waals surface area contributed by atoms with Crippen molar-refractivity contribution in [2.75, 3.05) is 7.11 Å².